The minimum Gasteiger partial charge on any atom is -0.345 e. The van der Waals surface area contributed by atoms with Crippen molar-refractivity contribution in [3.8, 4) is 0 Å². The Morgan fingerprint density at radius 2 is 1.08 bits per heavy atom. The molecule has 0 aliphatic carbocycles. The predicted octanol–water partition coefficient (Wildman–Crippen LogP) is 4.73. The number of anilines is 3. The molecule has 0 radical (unpaired) electrons. The second-order valence-electron chi connectivity index (χ2n) is 5.64. The van der Waals surface area contributed by atoms with E-state index in [4.69, 9.17) is 0 Å². The molecule has 0 spiro atoms. The Morgan fingerprint density at radius 3 is 1.62 bits per heavy atom. The molecule has 0 aliphatic rings. The van der Waals surface area contributed by atoms with Crippen LogP contribution in [0.4, 0.5) is 17.1 Å². The second-order valence-corrected chi connectivity index (χ2v) is 5.64. The van der Waals surface area contributed by atoms with Gasteiger partial charge in [0.25, 0.3) is 5.91 Å². The summed E-state index contributed by atoms with van der Waals surface area (Å²) < 4.78 is 0. The van der Waals surface area contributed by atoms with Gasteiger partial charge >= 0.3 is 0 Å². The van der Waals surface area contributed by atoms with E-state index >= 15 is 0 Å². The molecule has 0 heterocycles. The van der Waals surface area contributed by atoms with E-state index in [0.29, 0.717) is 5.56 Å². The van der Waals surface area contributed by atoms with E-state index < -0.39 is 0 Å². The van der Waals surface area contributed by atoms with Crippen molar-refractivity contribution >= 4 is 23.0 Å². The predicted molar refractivity (Wildman–Crippen MR) is 100 cm³/mol. The van der Waals surface area contributed by atoms with Crippen molar-refractivity contribution in [2.75, 3.05) is 23.9 Å². The van der Waals surface area contributed by atoms with Crippen molar-refractivity contribution in [2.24, 2.45) is 0 Å². The normalized spacial score (nSPS) is 10.2. The fourth-order valence-electron chi connectivity index (χ4n) is 2.59. The Bertz CT molecular complexity index is 798. The highest BCUT2D eigenvalue weighted by molar-refractivity contribution is 6.05. The molecule has 0 N–H and O–H groups in total. The maximum absolute atomic E-state index is 12.6. The summed E-state index contributed by atoms with van der Waals surface area (Å²) >= 11 is 0. The third kappa shape index (κ3) is 3.30. The first-order chi connectivity index (χ1) is 11.7. The van der Waals surface area contributed by atoms with Crippen LogP contribution in [0.1, 0.15) is 10.4 Å². The molecule has 0 fully saturated rings. The highest BCUT2D eigenvalue weighted by Gasteiger charge is 2.13. The maximum atomic E-state index is 12.6. The molecule has 120 valence electrons. The zero-order chi connectivity index (χ0) is 16.9. The van der Waals surface area contributed by atoms with E-state index in [1.54, 1.807) is 11.9 Å². The van der Waals surface area contributed by atoms with E-state index in [-0.39, 0.29) is 5.91 Å². The van der Waals surface area contributed by atoms with Gasteiger partial charge in [0.05, 0.1) is 0 Å². The monoisotopic (exact) mass is 316 g/mol. The minimum atomic E-state index is -0.0184. The van der Waals surface area contributed by atoms with Crippen molar-refractivity contribution in [3.63, 3.8) is 0 Å². The third-order valence-corrected chi connectivity index (χ3v) is 4.09. The van der Waals surface area contributed by atoms with E-state index in [9.17, 15) is 4.79 Å². The van der Waals surface area contributed by atoms with Crippen molar-refractivity contribution < 1.29 is 4.79 Å². The molecule has 0 unspecified atom stereocenters. The highest BCUT2D eigenvalue weighted by Crippen LogP contribution is 2.24. The summed E-state index contributed by atoms with van der Waals surface area (Å²) in [5.74, 6) is -0.0184. The van der Waals surface area contributed by atoms with Crippen LogP contribution in [0.3, 0.4) is 0 Å². The molecule has 0 aliphatic heterocycles. The molecule has 3 aromatic carbocycles. The largest absolute Gasteiger partial charge is 0.345 e. The van der Waals surface area contributed by atoms with Crippen LogP contribution < -0.4 is 9.80 Å². The number of nitrogens with zero attached hydrogens (tertiary/aromatic N) is 2. The molecule has 0 saturated heterocycles. The molecular weight excluding hydrogens is 296 g/mol. The van der Waals surface area contributed by atoms with Gasteiger partial charge in [0, 0.05) is 36.7 Å². The molecular formula is C21H20N2O. The average molecular weight is 316 g/mol. The van der Waals surface area contributed by atoms with Gasteiger partial charge in [-0.25, -0.2) is 0 Å². The molecule has 3 aromatic rings. The number of benzene rings is 3. The molecule has 0 bridgehead atoms. The second kappa shape index (κ2) is 7.01. The molecule has 0 saturated carbocycles. The molecule has 3 rings (SSSR count). The fraction of sp³-hybridized carbons (Fsp3) is 0.0952. The summed E-state index contributed by atoms with van der Waals surface area (Å²) in [6.45, 7) is 0. The van der Waals surface area contributed by atoms with Crippen LogP contribution in [0.15, 0.2) is 84.9 Å². The standard InChI is InChI=1S/C21H20N2O/c1-22(18-9-5-3-6-10-18)20-15-13-17(14-16-20)21(24)23(2)19-11-7-4-8-12-19/h3-16H,1-2H3. The first-order valence-corrected chi connectivity index (χ1v) is 7.89. The highest BCUT2D eigenvalue weighted by atomic mass is 16.2. The number of amides is 1. The van der Waals surface area contributed by atoms with Crippen molar-refractivity contribution in [1.29, 1.82) is 0 Å². The van der Waals surface area contributed by atoms with Crippen LogP contribution in [0, 0.1) is 0 Å². The molecule has 3 nitrogen and oxygen atoms in total. The van der Waals surface area contributed by atoms with Crippen LogP contribution in [-0.2, 0) is 0 Å². The topological polar surface area (TPSA) is 23.6 Å². The number of rotatable bonds is 4. The Kier molecular flexibility index (Phi) is 4.62. The summed E-state index contributed by atoms with van der Waals surface area (Å²) in [4.78, 5) is 16.4. The van der Waals surface area contributed by atoms with Crippen molar-refractivity contribution in [1.82, 2.24) is 0 Å². The fourth-order valence-corrected chi connectivity index (χ4v) is 2.59. The lowest BCUT2D eigenvalue weighted by atomic mass is 10.1. The number of para-hydroxylation sites is 2. The van der Waals surface area contributed by atoms with Gasteiger partial charge in [0.1, 0.15) is 0 Å². The van der Waals surface area contributed by atoms with Crippen LogP contribution in [-0.4, -0.2) is 20.0 Å². The van der Waals surface area contributed by atoms with Gasteiger partial charge < -0.3 is 9.80 Å². The van der Waals surface area contributed by atoms with Crippen molar-refractivity contribution in [2.45, 2.75) is 0 Å². The van der Waals surface area contributed by atoms with Crippen molar-refractivity contribution in [3.05, 3.63) is 90.5 Å². The number of carbonyl (C=O) groups excluding carboxylic acids is 1. The molecule has 0 atom stereocenters. The zero-order valence-corrected chi connectivity index (χ0v) is 13.9. The number of hydrogen-bond donors (Lipinski definition) is 0. The molecule has 0 aromatic heterocycles. The van der Waals surface area contributed by atoms with Gasteiger partial charge in [-0.3, -0.25) is 4.79 Å². The van der Waals surface area contributed by atoms with Gasteiger partial charge in [-0.05, 0) is 48.5 Å². The Hall–Kier alpha value is -3.07. The summed E-state index contributed by atoms with van der Waals surface area (Å²) in [6, 6.07) is 27.5. The van der Waals surface area contributed by atoms with Crippen LogP contribution in [0.2, 0.25) is 0 Å². The lowest BCUT2D eigenvalue weighted by Crippen LogP contribution is -2.26. The average Bonchev–Trinajstić information content (AvgIpc) is 2.68. The Morgan fingerprint density at radius 1 is 0.625 bits per heavy atom. The zero-order valence-electron chi connectivity index (χ0n) is 13.9. The number of carbonyl (C=O) groups is 1. The van der Waals surface area contributed by atoms with E-state index in [0.717, 1.165) is 17.1 Å². The van der Waals surface area contributed by atoms with Gasteiger partial charge in [0.15, 0.2) is 0 Å². The quantitative estimate of drug-likeness (QED) is 0.694. The van der Waals surface area contributed by atoms with E-state index in [2.05, 4.69) is 17.0 Å². The number of hydrogen-bond acceptors (Lipinski definition) is 2. The smallest absolute Gasteiger partial charge is 0.258 e. The van der Waals surface area contributed by atoms with Gasteiger partial charge in [0.2, 0.25) is 0 Å². The van der Waals surface area contributed by atoms with Gasteiger partial charge in [-0.15, -0.1) is 0 Å². The Labute approximate surface area is 142 Å². The van der Waals surface area contributed by atoms with E-state index in [1.807, 2.05) is 79.8 Å². The summed E-state index contributed by atoms with van der Waals surface area (Å²) in [5.41, 5.74) is 3.71. The summed E-state index contributed by atoms with van der Waals surface area (Å²) in [6.07, 6.45) is 0. The van der Waals surface area contributed by atoms with Gasteiger partial charge in [-0.2, -0.15) is 0 Å². The minimum absolute atomic E-state index is 0.0184. The lowest BCUT2D eigenvalue weighted by Gasteiger charge is -2.21. The first-order valence-electron chi connectivity index (χ1n) is 7.89. The Balaban J connectivity index is 1.78. The third-order valence-electron chi connectivity index (χ3n) is 4.09. The van der Waals surface area contributed by atoms with E-state index in [1.165, 1.54) is 0 Å². The maximum Gasteiger partial charge on any atom is 0.258 e. The molecule has 3 heteroatoms. The SMILES string of the molecule is CN(C(=O)c1ccc(N(C)c2ccccc2)cc1)c1ccccc1. The van der Waals surface area contributed by atoms with Crippen LogP contribution >= 0.6 is 0 Å². The van der Waals surface area contributed by atoms with Gasteiger partial charge in [-0.1, -0.05) is 36.4 Å². The first kappa shape index (κ1) is 15.8. The molecule has 1 amide bonds. The van der Waals surface area contributed by atoms with Crippen LogP contribution in [0.25, 0.3) is 0 Å². The summed E-state index contributed by atoms with van der Waals surface area (Å²) in [7, 11) is 3.81. The molecule has 24 heavy (non-hydrogen) atoms. The summed E-state index contributed by atoms with van der Waals surface area (Å²) in [5, 5.41) is 0. The lowest BCUT2D eigenvalue weighted by molar-refractivity contribution is 0.0993. The van der Waals surface area contributed by atoms with Crippen LogP contribution in [0.5, 0.6) is 0 Å².